The summed E-state index contributed by atoms with van der Waals surface area (Å²) in [5, 5.41) is 2.68. The molecule has 1 aromatic rings. The van der Waals surface area contributed by atoms with Crippen molar-refractivity contribution in [3.63, 3.8) is 0 Å². The van der Waals surface area contributed by atoms with Crippen molar-refractivity contribution in [3.05, 3.63) is 11.2 Å². The number of nitrogens with zero attached hydrogens (tertiary/aromatic N) is 2. The second-order valence-electron chi connectivity index (χ2n) is 3.97. The highest BCUT2D eigenvalue weighted by atomic mass is 35.5. The molecule has 1 unspecified atom stereocenters. The van der Waals surface area contributed by atoms with E-state index in [2.05, 4.69) is 15.3 Å². The first kappa shape index (κ1) is 13.0. The highest BCUT2D eigenvalue weighted by Gasteiger charge is 2.38. The van der Waals surface area contributed by atoms with Gasteiger partial charge in [0, 0.05) is 12.7 Å². The van der Waals surface area contributed by atoms with Crippen molar-refractivity contribution in [1.29, 1.82) is 0 Å². The van der Waals surface area contributed by atoms with E-state index in [4.69, 9.17) is 26.8 Å². The summed E-state index contributed by atoms with van der Waals surface area (Å²) < 4.78 is 10.0. The van der Waals surface area contributed by atoms with Crippen LogP contribution in [0.15, 0.2) is 6.07 Å². The number of amides is 1. The van der Waals surface area contributed by atoms with E-state index < -0.39 is 11.4 Å². The molecule has 0 bridgehead atoms. The Kier molecular flexibility index (Phi) is 3.65. The molecule has 2 rings (SSSR count). The summed E-state index contributed by atoms with van der Waals surface area (Å²) in [5.41, 5.74) is 4.86. The monoisotopic (exact) mass is 272 g/mol. The average molecular weight is 273 g/mol. The predicted molar refractivity (Wildman–Crippen MR) is 64.6 cm³/mol. The van der Waals surface area contributed by atoms with Crippen molar-refractivity contribution < 1.29 is 14.3 Å². The maximum absolute atomic E-state index is 12.0. The number of halogens is 1. The number of aromatic nitrogens is 2. The maximum Gasteiger partial charge on any atom is 0.249 e. The van der Waals surface area contributed by atoms with Crippen molar-refractivity contribution >= 4 is 23.5 Å². The number of hydrogen-bond acceptors (Lipinski definition) is 6. The Balaban J connectivity index is 2.13. The molecule has 0 aliphatic carbocycles. The number of nitrogens with one attached hydrogen (secondary N) is 1. The molecule has 18 heavy (non-hydrogen) atoms. The van der Waals surface area contributed by atoms with Crippen molar-refractivity contribution in [3.8, 4) is 5.88 Å². The van der Waals surface area contributed by atoms with Gasteiger partial charge in [0.15, 0.2) is 0 Å². The van der Waals surface area contributed by atoms with E-state index in [0.717, 1.165) is 0 Å². The lowest BCUT2D eigenvalue weighted by atomic mass is 9.99. The van der Waals surface area contributed by atoms with Gasteiger partial charge in [-0.2, -0.15) is 4.98 Å². The van der Waals surface area contributed by atoms with Gasteiger partial charge in [0.2, 0.25) is 17.7 Å². The quantitative estimate of drug-likeness (QED) is 0.762. The molecular formula is C10H13ClN4O3. The van der Waals surface area contributed by atoms with E-state index in [1.165, 1.54) is 13.2 Å². The fraction of sp³-hybridized carbons (Fsp3) is 0.500. The Morgan fingerprint density at radius 3 is 3.06 bits per heavy atom. The Morgan fingerprint density at radius 1 is 1.67 bits per heavy atom. The fourth-order valence-corrected chi connectivity index (χ4v) is 1.72. The third-order valence-corrected chi connectivity index (χ3v) is 2.80. The van der Waals surface area contributed by atoms with E-state index in [-0.39, 0.29) is 23.6 Å². The predicted octanol–water partition coefficient (Wildman–Crippen LogP) is 0.195. The highest BCUT2D eigenvalue weighted by Crippen LogP contribution is 2.19. The van der Waals surface area contributed by atoms with Gasteiger partial charge in [-0.1, -0.05) is 11.6 Å². The first-order chi connectivity index (χ1) is 8.53. The van der Waals surface area contributed by atoms with Crippen LogP contribution in [0.1, 0.15) is 6.42 Å². The normalized spacial score (nSPS) is 22.8. The number of anilines is 1. The summed E-state index contributed by atoms with van der Waals surface area (Å²) in [7, 11) is 1.44. The van der Waals surface area contributed by atoms with Gasteiger partial charge in [-0.3, -0.25) is 10.1 Å². The standard InChI is InChI=1S/C10H13ClN4O3/c1-17-7-4-6(11)13-9(14-7)15-8(16)10(12)2-3-18-5-10/h4H,2-3,5,12H2,1H3,(H,13,14,15,16). The highest BCUT2D eigenvalue weighted by molar-refractivity contribution is 6.29. The van der Waals surface area contributed by atoms with E-state index in [1.807, 2.05) is 0 Å². The van der Waals surface area contributed by atoms with Crippen LogP contribution < -0.4 is 15.8 Å². The van der Waals surface area contributed by atoms with E-state index in [1.54, 1.807) is 0 Å². The van der Waals surface area contributed by atoms with Gasteiger partial charge < -0.3 is 15.2 Å². The molecule has 1 atom stereocenters. The van der Waals surface area contributed by atoms with Crippen molar-refractivity contribution in [2.45, 2.75) is 12.0 Å². The number of nitrogens with two attached hydrogens (primary N) is 1. The molecule has 1 aliphatic rings. The molecule has 0 saturated carbocycles. The zero-order valence-electron chi connectivity index (χ0n) is 9.77. The van der Waals surface area contributed by atoms with Crippen LogP contribution >= 0.6 is 11.6 Å². The summed E-state index contributed by atoms with van der Waals surface area (Å²) in [4.78, 5) is 19.8. The van der Waals surface area contributed by atoms with E-state index in [0.29, 0.717) is 13.0 Å². The van der Waals surface area contributed by atoms with Crippen molar-refractivity contribution in [2.75, 3.05) is 25.6 Å². The van der Waals surface area contributed by atoms with Crippen LogP contribution in [0.3, 0.4) is 0 Å². The lowest BCUT2D eigenvalue weighted by Crippen LogP contribution is -2.51. The smallest absolute Gasteiger partial charge is 0.249 e. The number of ether oxygens (including phenoxy) is 2. The minimum Gasteiger partial charge on any atom is -0.481 e. The second-order valence-corrected chi connectivity index (χ2v) is 4.36. The van der Waals surface area contributed by atoms with Crippen LogP contribution in [-0.2, 0) is 9.53 Å². The summed E-state index contributed by atoms with van der Waals surface area (Å²) in [6.45, 7) is 0.639. The summed E-state index contributed by atoms with van der Waals surface area (Å²) in [6, 6.07) is 1.44. The molecule has 98 valence electrons. The van der Waals surface area contributed by atoms with Gasteiger partial charge >= 0.3 is 0 Å². The van der Waals surface area contributed by atoms with Gasteiger partial charge in [-0.25, -0.2) is 4.98 Å². The second kappa shape index (κ2) is 5.05. The SMILES string of the molecule is COc1cc(Cl)nc(NC(=O)C2(N)CCOC2)n1. The van der Waals surface area contributed by atoms with Gasteiger partial charge in [0.1, 0.15) is 10.7 Å². The van der Waals surface area contributed by atoms with E-state index >= 15 is 0 Å². The molecule has 1 aliphatic heterocycles. The number of carbonyl (C=O) groups is 1. The molecule has 1 aromatic heterocycles. The molecule has 1 fully saturated rings. The van der Waals surface area contributed by atoms with Crippen LogP contribution in [0.2, 0.25) is 5.15 Å². The van der Waals surface area contributed by atoms with Gasteiger partial charge in [-0.15, -0.1) is 0 Å². The topological polar surface area (TPSA) is 99.4 Å². The van der Waals surface area contributed by atoms with Crippen molar-refractivity contribution in [2.24, 2.45) is 5.73 Å². The zero-order valence-corrected chi connectivity index (χ0v) is 10.5. The molecule has 8 heteroatoms. The Labute approximate surface area is 109 Å². The van der Waals surface area contributed by atoms with Gasteiger partial charge in [0.25, 0.3) is 0 Å². The minimum atomic E-state index is -1.04. The summed E-state index contributed by atoms with van der Waals surface area (Å²) in [6.07, 6.45) is 0.455. The Hall–Kier alpha value is -1.44. The first-order valence-electron chi connectivity index (χ1n) is 5.30. The number of methoxy groups -OCH3 is 1. The molecule has 2 heterocycles. The van der Waals surface area contributed by atoms with Crippen molar-refractivity contribution in [1.82, 2.24) is 9.97 Å². The number of rotatable bonds is 3. The zero-order chi connectivity index (χ0) is 13.2. The molecule has 0 aromatic carbocycles. The lowest BCUT2D eigenvalue weighted by Gasteiger charge is -2.19. The van der Waals surface area contributed by atoms with E-state index in [9.17, 15) is 4.79 Å². The van der Waals surface area contributed by atoms with Crippen LogP contribution in [0.4, 0.5) is 5.95 Å². The number of carbonyl (C=O) groups excluding carboxylic acids is 1. The molecule has 1 saturated heterocycles. The largest absolute Gasteiger partial charge is 0.481 e. The molecule has 7 nitrogen and oxygen atoms in total. The van der Waals surface area contributed by atoms with Crippen LogP contribution in [0.25, 0.3) is 0 Å². The minimum absolute atomic E-state index is 0.0566. The Bertz CT molecular complexity index is 462. The molecule has 0 radical (unpaired) electrons. The third-order valence-electron chi connectivity index (χ3n) is 2.61. The molecule has 1 amide bonds. The van der Waals surface area contributed by atoms with Crippen LogP contribution in [0, 0.1) is 0 Å². The first-order valence-corrected chi connectivity index (χ1v) is 5.68. The maximum atomic E-state index is 12.0. The third kappa shape index (κ3) is 2.69. The average Bonchev–Trinajstić information content (AvgIpc) is 2.76. The summed E-state index contributed by atoms with van der Waals surface area (Å²) in [5.74, 6) is -0.0792. The number of hydrogen-bond donors (Lipinski definition) is 2. The Morgan fingerprint density at radius 2 is 2.44 bits per heavy atom. The summed E-state index contributed by atoms with van der Waals surface area (Å²) >= 11 is 5.77. The fourth-order valence-electron chi connectivity index (χ4n) is 1.54. The van der Waals surface area contributed by atoms with Crippen LogP contribution in [0.5, 0.6) is 5.88 Å². The van der Waals surface area contributed by atoms with Gasteiger partial charge in [-0.05, 0) is 6.42 Å². The van der Waals surface area contributed by atoms with Gasteiger partial charge in [0.05, 0.1) is 13.7 Å². The van der Waals surface area contributed by atoms with Crippen LogP contribution in [-0.4, -0.2) is 41.7 Å². The lowest BCUT2D eigenvalue weighted by molar-refractivity contribution is -0.121. The molecular weight excluding hydrogens is 260 g/mol. The molecule has 0 spiro atoms. The molecule has 3 N–H and O–H groups in total.